The van der Waals surface area contributed by atoms with Crippen molar-refractivity contribution in [1.29, 1.82) is 0 Å². The van der Waals surface area contributed by atoms with Gasteiger partial charge in [0.1, 0.15) is 0 Å². The zero-order valence-corrected chi connectivity index (χ0v) is 13.3. The van der Waals surface area contributed by atoms with E-state index in [0.717, 1.165) is 25.7 Å². The molecule has 1 amide bonds. The van der Waals surface area contributed by atoms with E-state index in [1.54, 1.807) is 24.3 Å². The van der Waals surface area contributed by atoms with Crippen LogP contribution in [0.2, 0.25) is 0 Å². The van der Waals surface area contributed by atoms with Crippen molar-refractivity contribution in [2.24, 2.45) is 0 Å². The number of hydrogen-bond donors (Lipinski definition) is 1. The average Bonchev–Trinajstić information content (AvgIpc) is 3.21. The highest BCUT2D eigenvalue weighted by Crippen LogP contribution is 2.37. The molecule has 1 aliphatic rings. The molecule has 116 valence electrons. The Balaban J connectivity index is 2.25. The van der Waals surface area contributed by atoms with Gasteiger partial charge >= 0.3 is 0 Å². The van der Waals surface area contributed by atoms with Crippen LogP contribution in [0.15, 0.2) is 24.3 Å². The maximum atomic E-state index is 12.0. The first-order chi connectivity index (χ1) is 9.93. The van der Waals surface area contributed by atoms with Crippen LogP contribution >= 0.6 is 0 Å². The number of rotatable bonds is 7. The fourth-order valence-electron chi connectivity index (χ4n) is 2.28. The molecule has 5 nitrogen and oxygen atoms in total. The number of unbranched alkanes of at least 4 members (excludes halogenated alkanes) is 1. The molecule has 0 heterocycles. The number of sulfonamides is 1. The summed E-state index contributed by atoms with van der Waals surface area (Å²) in [6.07, 6.45) is 5.17. The summed E-state index contributed by atoms with van der Waals surface area (Å²) in [5.41, 5.74) is 1.13. The van der Waals surface area contributed by atoms with E-state index in [2.05, 4.69) is 5.32 Å². The summed E-state index contributed by atoms with van der Waals surface area (Å²) in [5, 5.41) is 2.84. The molecule has 0 aromatic heterocycles. The minimum Gasteiger partial charge on any atom is -0.324 e. The molecule has 1 aromatic carbocycles. The summed E-state index contributed by atoms with van der Waals surface area (Å²) in [6.45, 7) is 2.03. The maximum Gasteiger partial charge on any atom is 0.232 e. The molecule has 0 spiro atoms. The molecule has 0 radical (unpaired) electrons. The van der Waals surface area contributed by atoms with Crippen molar-refractivity contribution in [3.8, 4) is 0 Å². The number of hydrogen-bond acceptors (Lipinski definition) is 3. The van der Waals surface area contributed by atoms with Gasteiger partial charge in [-0.15, -0.1) is 0 Å². The summed E-state index contributed by atoms with van der Waals surface area (Å²) < 4.78 is 25.5. The third-order valence-electron chi connectivity index (χ3n) is 3.41. The van der Waals surface area contributed by atoms with Gasteiger partial charge in [-0.25, -0.2) is 8.42 Å². The maximum absolute atomic E-state index is 12.0. The predicted molar refractivity (Wildman–Crippen MR) is 84.9 cm³/mol. The van der Waals surface area contributed by atoms with E-state index in [1.165, 1.54) is 10.6 Å². The predicted octanol–water partition coefficient (Wildman–Crippen LogP) is 2.74. The Labute approximate surface area is 126 Å². The van der Waals surface area contributed by atoms with E-state index < -0.39 is 10.0 Å². The first-order valence-electron chi connectivity index (χ1n) is 7.31. The van der Waals surface area contributed by atoms with Gasteiger partial charge in [0.25, 0.3) is 0 Å². The Hall–Kier alpha value is -1.56. The van der Waals surface area contributed by atoms with Gasteiger partial charge in [0.2, 0.25) is 15.9 Å². The van der Waals surface area contributed by atoms with E-state index in [0.29, 0.717) is 17.8 Å². The lowest BCUT2D eigenvalue weighted by Crippen LogP contribution is -2.32. The molecule has 0 unspecified atom stereocenters. The SMILES string of the molecule is CCCCC(=O)Nc1ccccc1N(C1CC1)S(C)(=O)=O. The second-order valence-electron chi connectivity index (χ2n) is 5.46. The molecule has 0 atom stereocenters. The minimum atomic E-state index is -3.35. The highest BCUT2D eigenvalue weighted by molar-refractivity contribution is 7.92. The van der Waals surface area contributed by atoms with Gasteiger partial charge in [0, 0.05) is 12.5 Å². The fraction of sp³-hybridized carbons (Fsp3) is 0.533. The van der Waals surface area contributed by atoms with Gasteiger partial charge in [-0.3, -0.25) is 9.10 Å². The van der Waals surface area contributed by atoms with Gasteiger partial charge in [0.05, 0.1) is 17.6 Å². The Kier molecular flexibility index (Phi) is 4.88. The molecule has 1 saturated carbocycles. The normalized spacial score (nSPS) is 14.8. The summed E-state index contributed by atoms with van der Waals surface area (Å²) >= 11 is 0. The summed E-state index contributed by atoms with van der Waals surface area (Å²) in [7, 11) is -3.35. The second kappa shape index (κ2) is 6.47. The van der Waals surface area contributed by atoms with E-state index in [4.69, 9.17) is 0 Å². The van der Waals surface area contributed by atoms with Crippen LogP contribution in [-0.2, 0) is 14.8 Å². The molecule has 21 heavy (non-hydrogen) atoms. The monoisotopic (exact) mass is 310 g/mol. The number of anilines is 2. The largest absolute Gasteiger partial charge is 0.324 e. The van der Waals surface area contributed by atoms with E-state index in [-0.39, 0.29) is 11.9 Å². The van der Waals surface area contributed by atoms with Crippen LogP contribution in [0.3, 0.4) is 0 Å². The lowest BCUT2D eigenvalue weighted by atomic mass is 10.2. The Morgan fingerprint density at radius 1 is 1.33 bits per heavy atom. The van der Waals surface area contributed by atoms with Gasteiger partial charge in [0.15, 0.2) is 0 Å². The van der Waals surface area contributed by atoms with Gasteiger partial charge < -0.3 is 5.32 Å². The molecule has 2 rings (SSSR count). The van der Waals surface area contributed by atoms with Crippen molar-refractivity contribution in [2.45, 2.75) is 45.1 Å². The number of carbonyl (C=O) groups is 1. The average molecular weight is 310 g/mol. The zero-order valence-electron chi connectivity index (χ0n) is 12.5. The van der Waals surface area contributed by atoms with Crippen LogP contribution < -0.4 is 9.62 Å². The molecule has 0 saturated heterocycles. The van der Waals surface area contributed by atoms with Crippen molar-refractivity contribution in [1.82, 2.24) is 0 Å². The summed E-state index contributed by atoms with van der Waals surface area (Å²) in [6, 6.07) is 7.10. The fourth-order valence-corrected chi connectivity index (χ4v) is 3.55. The number of carbonyl (C=O) groups excluding carboxylic acids is 1. The van der Waals surface area contributed by atoms with Gasteiger partial charge in [-0.2, -0.15) is 0 Å². The first kappa shape index (κ1) is 15.8. The highest BCUT2D eigenvalue weighted by Gasteiger charge is 2.36. The van der Waals surface area contributed by atoms with Crippen molar-refractivity contribution < 1.29 is 13.2 Å². The lowest BCUT2D eigenvalue weighted by molar-refractivity contribution is -0.116. The van der Waals surface area contributed by atoms with Gasteiger partial charge in [-0.1, -0.05) is 25.5 Å². The Morgan fingerprint density at radius 3 is 2.57 bits per heavy atom. The highest BCUT2D eigenvalue weighted by atomic mass is 32.2. The number of benzene rings is 1. The van der Waals surface area contributed by atoms with E-state index in [1.807, 2.05) is 6.92 Å². The molecular formula is C15H22N2O3S. The van der Waals surface area contributed by atoms with Crippen LogP contribution in [0.5, 0.6) is 0 Å². The number of nitrogens with zero attached hydrogens (tertiary/aromatic N) is 1. The molecule has 1 N–H and O–H groups in total. The van der Waals surface area contributed by atoms with Crippen molar-refractivity contribution >= 4 is 27.3 Å². The first-order valence-corrected chi connectivity index (χ1v) is 9.16. The molecule has 1 aliphatic carbocycles. The minimum absolute atomic E-state index is 0.0219. The van der Waals surface area contributed by atoms with Crippen molar-refractivity contribution in [3.05, 3.63) is 24.3 Å². The number of para-hydroxylation sites is 2. The summed E-state index contributed by atoms with van der Waals surface area (Å²) in [5.74, 6) is -0.0754. The zero-order chi connectivity index (χ0) is 15.5. The van der Waals surface area contributed by atoms with Crippen molar-refractivity contribution in [2.75, 3.05) is 15.9 Å². The van der Waals surface area contributed by atoms with Crippen molar-refractivity contribution in [3.63, 3.8) is 0 Å². The lowest BCUT2D eigenvalue weighted by Gasteiger charge is -2.24. The molecule has 6 heteroatoms. The Morgan fingerprint density at radius 2 is 2.00 bits per heavy atom. The quantitative estimate of drug-likeness (QED) is 0.842. The van der Waals surface area contributed by atoms with Crippen LogP contribution in [0.4, 0.5) is 11.4 Å². The van der Waals surface area contributed by atoms with E-state index >= 15 is 0 Å². The van der Waals surface area contributed by atoms with Crippen LogP contribution in [0, 0.1) is 0 Å². The molecular weight excluding hydrogens is 288 g/mol. The van der Waals surface area contributed by atoms with E-state index in [9.17, 15) is 13.2 Å². The standard InChI is InChI=1S/C15H22N2O3S/c1-3-4-9-15(18)16-13-7-5-6-8-14(13)17(12-10-11-12)21(2,19)20/h5-8,12H,3-4,9-11H2,1-2H3,(H,16,18). The Bertz CT molecular complexity index is 609. The molecule has 0 aliphatic heterocycles. The third kappa shape index (κ3) is 4.20. The second-order valence-corrected chi connectivity index (χ2v) is 7.32. The van der Waals surface area contributed by atoms with Gasteiger partial charge in [-0.05, 0) is 31.4 Å². The topological polar surface area (TPSA) is 66.5 Å². The van der Waals surface area contributed by atoms with Crippen LogP contribution in [0.1, 0.15) is 39.0 Å². The van der Waals surface area contributed by atoms with Crippen LogP contribution in [-0.4, -0.2) is 26.6 Å². The summed E-state index contributed by atoms with van der Waals surface area (Å²) in [4.78, 5) is 11.9. The molecule has 1 aromatic rings. The molecule has 0 bridgehead atoms. The number of nitrogens with one attached hydrogen (secondary N) is 1. The smallest absolute Gasteiger partial charge is 0.232 e. The number of amides is 1. The van der Waals surface area contributed by atoms with Crippen LogP contribution in [0.25, 0.3) is 0 Å². The molecule has 1 fully saturated rings. The third-order valence-corrected chi connectivity index (χ3v) is 4.62.